The summed E-state index contributed by atoms with van der Waals surface area (Å²) in [5.74, 6) is 0. The Balaban J connectivity index is -0.0000000858. The summed E-state index contributed by atoms with van der Waals surface area (Å²) in [6.07, 6.45) is 7.75. The second-order valence-corrected chi connectivity index (χ2v) is 8.72. The molecule has 0 atom stereocenters. The van der Waals surface area contributed by atoms with Crippen molar-refractivity contribution in [1.82, 2.24) is 0 Å². The molecule has 0 fully saturated rings. The van der Waals surface area contributed by atoms with E-state index >= 15 is 0 Å². The standard InChI is InChI=1S/2C9H13.2C7H9.4ClH.2Zr/c2*1-2-3-6-9-7-4-5-8-9;2*1-6-3-4-7(2)5-6;;;;;;/h2*4-5,7-8H,2-3,6H2,1H3;2*3-5H,1-2H3;4*1H;;/q4*-1;;;;;2*+4/p-4. The molecule has 4 aromatic carbocycles. The first-order valence-corrected chi connectivity index (χ1v) is 12.3. The summed E-state index contributed by atoms with van der Waals surface area (Å²) in [4.78, 5) is 0. The molecule has 4 aromatic rings. The predicted octanol–water partition coefficient (Wildman–Crippen LogP) is -2.45. The third-order valence-corrected chi connectivity index (χ3v) is 5.23. The van der Waals surface area contributed by atoms with Crippen LogP contribution < -0.4 is 49.6 Å². The van der Waals surface area contributed by atoms with Crippen molar-refractivity contribution in [2.24, 2.45) is 0 Å². The van der Waals surface area contributed by atoms with Gasteiger partial charge in [-0.2, -0.15) is 70.8 Å². The van der Waals surface area contributed by atoms with Gasteiger partial charge in [0.2, 0.25) is 0 Å². The zero-order valence-corrected chi connectivity index (χ0v) is 31.8. The van der Waals surface area contributed by atoms with Crippen molar-refractivity contribution in [2.75, 3.05) is 0 Å². The summed E-state index contributed by atoms with van der Waals surface area (Å²) >= 11 is 0. The largest absolute Gasteiger partial charge is 4.00 e. The van der Waals surface area contributed by atoms with Crippen molar-refractivity contribution in [2.45, 2.75) is 80.1 Å². The van der Waals surface area contributed by atoms with Gasteiger partial charge in [0.1, 0.15) is 0 Å². The molecule has 0 heterocycles. The van der Waals surface area contributed by atoms with Crippen LogP contribution in [0.25, 0.3) is 0 Å². The maximum Gasteiger partial charge on any atom is 4.00 e. The summed E-state index contributed by atoms with van der Waals surface area (Å²) < 4.78 is 0. The van der Waals surface area contributed by atoms with Crippen LogP contribution in [0.4, 0.5) is 0 Å². The normalized spacial score (nSPS) is 8.16. The first-order chi connectivity index (χ1) is 15.4. The molecule has 0 unspecified atom stereocenters. The third-order valence-electron chi connectivity index (χ3n) is 5.23. The van der Waals surface area contributed by atoms with Crippen LogP contribution in [0.15, 0.2) is 84.9 Å². The smallest absolute Gasteiger partial charge is 1.00 e. The van der Waals surface area contributed by atoms with Gasteiger partial charge in [-0.3, -0.25) is 0 Å². The van der Waals surface area contributed by atoms with Crippen molar-refractivity contribution >= 4 is 0 Å². The van der Waals surface area contributed by atoms with Gasteiger partial charge in [-0.05, 0) is 0 Å². The van der Waals surface area contributed by atoms with Gasteiger partial charge in [0, 0.05) is 0 Å². The Labute approximate surface area is 297 Å². The van der Waals surface area contributed by atoms with Gasteiger partial charge in [-0.1, -0.05) is 80.1 Å². The number of hydrogen-bond donors (Lipinski definition) is 0. The molecule has 0 radical (unpaired) electrons. The molecule has 0 N–H and O–H groups in total. The Morgan fingerprint density at radius 2 is 0.816 bits per heavy atom. The molecule has 4 rings (SSSR count). The Bertz CT molecular complexity index is 798. The van der Waals surface area contributed by atoms with E-state index in [2.05, 4.69) is 126 Å². The van der Waals surface area contributed by atoms with Crippen LogP contribution in [0.3, 0.4) is 0 Å². The van der Waals surface area contributed by atoms with Crippen LogP contribution >= 0.6 is 0 Å². The molecule has 0 aromatic heterocycles. The first-order valence-electron chi connectivity index (χ1n) is 12.3. The van der Waals surface area contributed by atoms with Crippen molar-refractivity contribution in [3.05, 3.63) is 118 Å². The number of aryl methyl sites for hydroxylation is 6. The molecular weight excluding hydrogens is 709 g/mol. The number of unbranched alkanes of at least 4 members (excludes halogenated alkanes) is 2. The van der Waals surface area contributed by atoms with Crippen molar-refractivity contribution in [3.63, 3.8) is 0 Å². The molecule has 0 saturated carbocycles. The average Bonchev–Trinajstić information content (AvgIpc) is 3.57. The minimum Gasteiger partial charge on any atom is -1.00 e. The quantitative estimate of drug-likeness (QED) is 0.192. The van der Waals surface area contributed by atoms with Crippen LogP contribution in [0.2, 0.25) is 0 Å². The van der Waals surface area contributed by atoms with Crippen LogP contribution in [-0.4, -0.2) is 0 Å². The molecule has 0 saturated heterocycles. The molecule has 0 nitrogen and oxygen atoms in total. The van der Waals surface area contributed by atoms with E-state index in [0.29, 0.717) is 0 Å². The minimum atomic E-state index is 0. The SMILES string of the molecule is CCCC[c-]1cccc1.CCCC[c-]1cccc1.Cc1cc[c-](C)c1.Cc1cc[c-](C)c1.[Cl-].[Cl-].[Cl-].[Cl-].[Zr+4].[Zr+4]. The molecule has 0 amide bonds. The van der Waals surface area contributed by atoms with E-state index in [9.17, 15) is 0 Å². The summed E-state index contributed by atoms with van der Waals surface area (Å²) in [6.45, 7) is 12.9. The van der Waals surface area contributed by atoms with Crippen LogP contribution in [-0.2, 0) is 65.2 Å². The van der Waals surface area contributed by atoms with Gasteiger partial charge < -0.3 is 49.6 Å². The molecule has 0 aliphatic heterocycles. The molecule has 208 valence electrons. The maximum atomic E-state index is 2.23. The van der Waals surface area contributed by atoms with Gasteiger partial charge in [0.05, 0.1) is 0 Å². The topological polar surface area (TPSA) is 0 Å². The van der Waals surface area contributed by atoms with E-state index in [1.165, 1.54) is 71.9 Å². The van der Waals surface area contributed by atoms with Crippen molar-refractivity contribution in [1.29, 1.82) is 0 Å². The summed E-state index contributed by atoms with van der Waals surface area (Å²) in [5.41, 5.74) is 8.40. The van der Waals surface area contributed by atoms with E-state index < -0.39 is 0 Å². The molecule has 38 heavy (non-hydrogen) atoms. The molecule has 0 aliphatic carbocycles. The predicted molar refractivity (Wildman–Crippen MR) is 144 cm³/mol. The van der Waals surface area contributed by atoms with Crippen LogP contribution in [0.1, 0.15) is 72.9 Å². The van der Waals surface area contributed by atoms with E-state index in [1.54, 1.807) is 0 Å². The zero-order chi connectivity index (χ0) is 23.6. The van der Waals surface area contributed by atoms with E-state index in [-0.39, 0.29) is 102 Å². The fraction of sp³-hybridized carbons (Fsp3) is 0.375. The van der Waals surface area contributed by atoms with Gasteiger partial charge in [-0.25, -0.2) is 47.5 Å². The average molecular weight is 753 g/mol. The summed E-state index contributed by atoms with van der Waals surface area (Å²) in [5, 5.41) is 0. The minimum absolute atomic E-state index is 0. The van der Waals surface area contributed by atoms with Gasteiger partial charge >= 0.3 is 52.4 Å². The van der Waals surface area contributed by atoms with Gasteiger partial charge in [0.25, 0.3) is 0 Å². The summed E-state index contributed by atoms with van der Waals surface area (Å²) in [6, 6.07) is 30.0. The molecule has 0 bridgehead atoms. The maximum absolute atomic E-state index is 2.23. The van der Waals surface area contributed by atoms with E-state index in [0.717, 1.165) is 0 Å². The fourth-order valence-electron chi connectivity index (χ4n) is 3.36. The van der Waals surface area contributed by atoms with Gasteiger partial charge in [0.15, 0.2) is 0 Å². The Kier molecular flexibility index (Phi) is 45.1. The summed E-state index contributed by atoms with van der Waals surface area (Å²) in [7, 11) is 0. The molecule has 0 spiro atoms. The van der Waals surface area contributed by atoms with E-state index in [4.69, 9.17) is 0 Å². The number of rotatable bonds is 6. The van der Waals surface area contributed by atoms with Crippen molar-refractivity contribution < 1.29 is 102 Å². The number of halogens is 4. The number of hydrogen-bond acceptors (Lipinski definition) is 0. The first kappa shape index (κ1) is 51.1. The second kappa shape index (κ2) is 33.5. The molecular formula is C32H44Cl4Zr2. The molecule has 0 aliphatic rings. The molecule has 6 heteroatoms. The van der Waals surface area contributed by atoms with Crippen molar-refractivity contribution in [3.8, 4) is 0 Å². The Morgan fingerprint density at radius 1 is 0.526 bits per heavy atom. The fourth-order valence-corrected chi connectivity index (χ4v) is 3.36. The third kappa shape index (κ3) is 27.9. The Morgan fingerprint density at radius 3 is 0.974 bits per heavy atom. The second-order valence-electron chi connectivity index (χ2n) is 8.72. The monoisotopic (exact) mass is 748 g/mol. The van der Waals surface area contributed by atoms with Crippen LogP contribution in [0, 0.1) is 27.7 Å². The zero-order valence-electron chi connectivity index (χ0n) is 23.8. The van der Waals surface area contributed by atoms with Crippen LogP contribution in [0.5, 0.6) is 0 Å². The van der Waals surface area contributed by atoms with Gasteiger partial charge in [-0.15, -0.1) is 0 Å². The van der Waals surface area contributed by atoms with E-state index in [1.807, 2.05) is 0 Å². The Hall–Kier alpha value is 0.326.